The van der Waals surface area contributed by atoms with Crippen LogP contribution in [-0.4, -0.2) is 36.2 Å². The number of pyridine rings is 1. The molecular formula is C14H19N3O. The molecule has 1 fully saturated rings. The molecule has 0 aliphatic carbocycles. The third kappa shape index (κ3) is 3.80. The molecule has 1 saturated heterocycles. The van der Waals surface area contributed by atoms with E-state index in [1.807, 2.05) is 12.1 Å². The summed E-state index contributed by atoms with van der Waals surface area (Å²) in [5.41, 5.74) is 1.61. The fourth-order valence-electron chi connectivity index (χ4n) is 2.31. The van der Waals surface area contributed by atoms with E-state index in [4.69, 9.17) is 10.00 Å². The first-order valence-electron chi connectivity index (χ1n) is 6.43. The first kappa shape index (κ1) is 13.0. The lowest BCUT2D eigenvalue weighted by Crippen LogP contribution is -2.33. The Kier molecular flexibility index (Phi) is 4.68. The number of likely N-dealkylation sites (N-methyl/N-ethyl adjacent to an activating group) is 1. The van der Waals surface area contributed by atoms with E-state index in [1.54, 1.807) is 6.20 Å². The van der Waals surface area contributed by atoms with Gasteiger partial charge in [0.15, 0.2) is 0 Å². The highest BCUT2D eigenvalue weighted by Gasteiger charge is 2.15. The van der Waals surface area contributed by atoms with Crippen molar-refractivity contribution in [2.24, 2.45) is 0 Å². The molecule has 0 bridgehead atoms. The maximum Gasteiger partial charge on any atom is 0.140 e. The van der Waals surface area contributed by atoms with Crippen molar-refractivity contribution in [1.29, 1.82) is 5.26 Å². The van der Waals surface area contributed by atoms with Crippen molar-refractivity contribution in [3.8, 4) is 6.07 Å². The second kappa shape index (κ2) is 6.48. The Labute approximate surface area is 108 Å². The van der Waals surface area contributed by atoms with Gasteiger partial charge in [0.2, 0.25) is 0 Å². The van der Waals surface area contributed by atoms with Gasteiger partial charge in [0, 0.05) is 25.9 Å². The molecule has 4 nitrogen and oxygen atoms in total. The summed E-state index contributed by atoms with van der Waals surface area (Å²) in [6.45, 7) is 2.67. The molecule has 4 heteroatoms. The molecule has 1 aliphatic heterocycles. The zero-order chi connectivity index (χ0) is 12.8. The Morgan fingerprint density at radius 3 is 3.17 bits per heavy atom. The average molecular weight is 245 g/mol. The molecule has 1 atom stereocenters. The zero-order valence-electron chi connectivity index (χ0n) is 10.8. The Morgan fingerprint density at radius 1 is 1.56 bits per heavy atom. The second-order valence-electron chi connectivity index (χ2n) is 4.85. The largest absolute Gasteiger partial charge is 0.377 e. The van der Waals surface area contributed by atoms with Gasteiger partial charge in [0.05, 0.1) is 6.10 Å². The highest BCUT2D eigenvalue weighted by atomic mass is 16.5. The Hall–Kier alpha value is -1.44. The first-order valence-corrected chi connectivity index (χ1v) is 6.43. The van der Waals surface area contributed by atoms with Crippen LogP contribution in [0, 0.1) is 11.3 Å². The minimum Gasteiger partial charge on any atom is -0.377 e. The number of nitrogens with zero attached hydrogens (tertiary/aromatic N) is 3. The van der Waals surface area contributed by atoms with Crippen LogP contribution in [0.4, 0.5) is 0 Å². The Morgan fingerprint density at radius 2 is 2.44 bits per heavy atom. The number of hydrogen-bond acceptors (Lipinski definition) is 4. The van der Waals surface area contributed by atoms with Gasteiger partial charge in [-0.05, 0) is 44.0 Å². The van der Waals surface area contributed by atoms with Crippen molar-refractivity contribution in [3.63, 3.8) is 0 Å². The summed E-state index contributed by atoms with van der Waals surface area (Å²) in [6.07, 6.45) is 5.67. The minimum absolute atomic E-state index is 0.362. The van der Waals surface area contributed by atoms with Crippen molar-refractivity contribution < 1.29 is 4.74 Å². The van der Waals surface area contributed by atoms with Gasteiger partial charge in [-0.15, -0.1) is 0 Å². The van der Waals surface area contributed by atoms with E-state index in [9.17, 15) is 0 Å². The van der Waals surface area contributed by atoms with Gasteiger partial charge in [-0.2, -0.15) is 5.26 Å². The number of aromatic nitrogens is 1. The third-order valence-corrected chi connectivity index (χ3v) is 3.18. The van der Waals surface area contributed by atoms with E-state index in [2.05, 4.69) is 23.0 Å². The molecule has 18 heavy (non-hydrogen) atoms. The van der Waals surface area contributed by atoms with Crippen LogP contribution >= 0.6 is 0 Å². The van der Waals surface area contributed by atoms with Crippen molar-refractivity contribution >= 4 is 0 Å². The molecule has 1 aliphatic rings. The van der Waals surface area contributed by atoms with Gasteiger partial charge in [-0.25, -0.2) is 4.98 Å². The van der Waals surface area contributed by atoms with Crippen LogP contribution in [0.1, 0.15) is 30.5 Å². The molecule has 0 spiro atoms. The Balaban J connectivity index is 1.86. The SMILES string of the molecule is CN(Cc1ccnc(C#N)c1)CC1CCCCO1. The Bertz CT molecular complexity index is 421. The second-order valence-corrected chi connectivity index (χ2v) is 4.85. The summed E-state index contributed by atoms with van der Waals surface area (Å²) >= 11 is 0. The smallest absolute Gasteiger partial charge is 0.140 e. The molecule has 1 aromatic rings. The van der Waals surface area contributed by atoms with E-state index >= 15 is 0 Å². The fraction of sp³-hybridized carbons (Fsp3) is 0.571. The maximum atomic E-state index is 8.81. The summed E-state index contributed by atoms with van der Waals surface area (Å²) in [5, 5.41) is 8.81. The molecule has 1 aromatic heterocycles. The van der Waals surface area contributed by atoms with E-state index in [1.165, 1.54) is 12.8 Å². The molecule has 2 heterocycles. The lowest BCUT2D eigenvalue weighted by atomic mass is 10.1. The van der Waals surface area contributed by atoms with E-state index < -0.39 is 0 Å². The minimum atomic E-state index is 0.362. The predicted octanol–water partition coefficient (Wildman–Crippen LogP) is 1.95. The summed E-state index contributed by atoms with van der Waals surface area (Å²) < 4.78 is 5.72. The lowest BCUT2D eigenvalue weighted by Gasteiger charge is -2.27. The van der Waals surface area contributed by atoms with Gasteiger partial charge in [-0.3, -0.25) is 4.90 Å². The van der Waals surface area contributed by atoms with Crippen LogP contribution in [0.2, 0.25) is 0 Å². The molecule has 2 rings (SSSR count). The standard InChI is InChI=1S/C14H19N3O/c1-17(11-14-4-2-3-7-18-14)10-12-5-6-16-13(8-12)9-15/h5-6,8,14H,2-4,7,10-11H2,1H3. The average Bonchev–Trinajstić information content (AvgIpc) is 2.40. The van der Waals surface area contributed by atoms with E-state index in [0.717, 1.165) is 31.7 Å². The summed E-state index contributed by atoms with van der Waals surface area (Å²) in [6, 6.07) is 5.87. The van der Waals surface area contributed by atoms with Crippen molar-refractivity contribution in [3.05, 3.63) is 29.6 Å². The van der Waals surface area contributed by atoms with Crippen molar-refractivity contribution in [2.75, 3.05) is 20.2 Å². The van der Waals surface area contributed by atoms with Crippen LogP contribution in [0.5, 0.6) is 0 Å². The van der Waals surface area contributed by atoms with Crippen LogP contribution in [0.25, 0.3) is 0 Å². The quantitative estimate of drug-likeness (QED) is 0.813. The lowest BCUT2D eigenvalue weighted by molar-refractivity contribution is -0.00259. The van der Waals surface area contributed by atoms with E-state index in [-0.39, 0.29) is 0 Å². The monoisotopic (exact) mass is 245 g/mol. The van der Waals surface area contributed by atoms with Gasteiger partial charge in [0.25, 0.3) is 0 Å². The van der Waals surface area contributed by atoms with Crippen molar-refractivity contribution in [2.45, 2.75) is 31.9 Å². The molecule has 1 unspecified atom stereocenters. The fourth-order valence-corrected chi connectivity index (χ4v) is 2.31. The topological polar surface area (TPSA) is 49.2 Å². The third-order valence-electron chi connectivity index (χ3n) is 3.18. The predicted molar refractivity (Wildman–Crippen MR) is 68.9 cm³/mol. The van der Waals surface area contributed by atoms with E-state index in [0.29, 0.717) is 11.8 Å². The molecule has 96 valence electrons. The summed E-state index contributed by atoms with van der Waals surface area (Å²) in [7, 11) is 2.09. The highest BCUT2D eigenvalue weighted by molar-refractivity contribution is 5.25. The summed E-state index contributed by atoms with van der Waals surface area (Å²) in [5.74, 6) is 0. The van der Waals surface area contributed by atoms with Crippen molar-refractivity contribution in [1.82, 2.24) is 9.88 Å². The van der Waals surface area contributed by atoms with Gasteiger partial charge in [0.1, 0.15) is 11.8 Å². The molecule has 0 amide bonds. The zero-order valence-corrected chi connectivity index (χ0v) is 10.8. The first-order chi connectivity index (χ1) is 8.78. The van der Waals surface area contributed by atoms with Gasteiger partial charge in [-0.1, -0.05) is 0 Å². The number of ether oxygens (including phenoxy) is 1. The normalized spacial score (nSPS) is 19.7. The molecule has 0 radical (unpaired) electrons. The molecule has 0 N–H and O–H groups in total. The van der Waals surface area contributed by atoms with Crippen LogP contribution < -0.4 is 0 Å². The van der Waals surface area contributed by atoms with Crippen LogP contribution in [-0.2, 0) is 11.3 Å². The van der Waals surface area contributed by atoms with Crippen LogP contribution in [0.15, 0.2) is 18.3 Å². The molecule has 0 aromatic carbocycles. The number of rotatable bonds is 4. The number of hydrogen-bond donors (Lipinski definition) is 0. The number of nitriles is 1. The van der Waals surface area contributed by atoms with Crippen LogP contribution in [0.3, 0.4) is 0 Å². The summed E-state index contributed by atoms with van der Waals surface area (Å²) in [4.78, 5) is 6.22. The van der Waals surface area contributed by atoms with Gasteiger partial charge >= 0.3 is 0 Å². The highest BCUT2D eigenvalue weighted by Crippen LogP contribution is 2.14. The van der Waals surface area contributed by atoms with Gasteiger partial charge < -0.3 is 4.74 Å². The molecule has 0 saturated carbocycles. The molecular weight excluding hydrogens is 226 g/mol. The maximum absolute atomic E-state index is 8.81.